The van der Waals surface area contributed by atoms with Crippen molar-refractivity contribution in [2.24, 2.45) is 10.8 Å². The summed E-state index contributed by atoms with van der Waals surface area (Å²) in [5, 5.41) is 29.9. The Morgan fingerprint density at radius 3 is 2.58 bits per heavy atom. The number of nitrogens with zero attached hydrogens (tertiary/aromatic N) is 5. The van der Waals surface area contributed by atoms with E-state index in [2.05, 4.69) is 54.4 Å². The normalized spacial score (nSPS) is 19.3. The number of aryl methyl sites for hydroxylation is 1. The molecule has 9 nitrogen and oxygen atoms in total. The minimum atomic E-state index is -0.360. The number of aromatic nitrogens is 4. The standard InChI is InChI=1S/C28H33ClN6O3/c1-27(2)25(28(3,4)26(27)38-21-11-9-18(15-30)22(29)14-21)32-24(37)19-10-12-23(31-16-19)35-17-20(33-34-35)8-6-5-7-13-36/h9-12,14,16-17,25-26,36H,5-8,13H2,1-4H3,(H,32,37). The number of nitriles is 1. The molecule has 1 amide bonds. The van der Waals surface area contributed by atoms with Crippen LogP contribution in [0.25, 0.3) is 5.82 Å². The summed E-state index contributed by atoms with van der Waals surface area (Å²) in [6.07, 6.45) is 6.64. The van der Waals surface area contributed by atoms with Gasteiger partial charge < -0.3 is 15.2 Å². The lowest BCUT2D eigenvalue weighted by molar-refractivity contribution is -0.164. The number of ether oxygens (including phenoxy) is 1. The molecule has 4 rings (SSSR count). The van der Waals surface area contributed by atoms with E-state index in [1.165, 1.54) is 0 Å². The number of nitrogens with one attached hydrogen (secondary N) is 1. The van der Waals surface area contributed by atoms with Crippen LogP contribution in [0.5, 0.6) is 5.75 Å². The van der Waals surface area contributed by atoms with Gasteiger partial charge in [0.1, 0.15) is 17.9 Å². The number of benzene rings is 1. The Morgan fingerprint density at radius 1 is 1.18 bits per heavy atom. The third-order valence-corrected chi connectivity index (χ3v) is 7.62. The summed E-state index contributed by atoms with van der Waals surface area (Å²) >= 11 is 6.18. The molecule has 2 aromatic heterocycles. The molecule has 2 heterocycles. The van der Waals surface area contributed by atoms with Gasteiger partial charge in [0.15, 0.2) is 5.82 Å². The van der Waals surface area contributed by atoms with Crippen LogP contribution >= 0.6 is 11.6 Å². The topological polar surface area (TPSA) is 126 Å². The van der Waals surface area contributed by atoms with Gasteiger partial charge in [0.25, 0.3) is 5.91 Å². The molecule has 1 fully saturated rings. The van der Waals surface area contributed by atoms with Crippen molar-refractivity contribution >= 4 is 17.5 Å². The first-order chi connectivity index (χ1) is 18.1. The lowest BCUT2D eigenvalue weighted by Crippen LogP contribution is -2.74. The molecular formula is C28H33ClN6O3. The Labute approximate surface area is 227 Å². The molecule has 200 valence electrons. The average Bonchev–Trinajstić information content (AvgIpc) is 3.37. The lowest BCUT2D eigenvalue weighted by atomic mass is 9.49. The Kier molecular flexibility index (Phi) is 8.05. The van der Waals surface area contributed by atoms with Crippen molar-refractivity contribution in [1.82, 2.24) is 25.3 Å². The molecule has 2 N–H and O–H groups in total. The summed E-state index contributed by atoms with van der Waals surface area (Å²) < 4.78 is 7.89. The molecule has 38 heavy (non-hydrogen) atoms. The zero-order valence-electron chi connectivity index (χ0n) is 22.1. The van der Waals surface area contributed by atoms with Gasteiger partial charge in [-0.25, -0.2) is 9.67 Å². The highest BCUT2D eigenvalue weighted by atomic mass is 35.5. The molecule has 0 spiro atoms. The number of aliphatic hydroxyl groups is 1. The summed E-state index contributed by atoms with van der Waals surface area (Å²) in [7, 11) is 0. The molecule has 1 saturated carbocycles. The van der Waals surface area contributed by atoms with Crippen LogP contribution in [0.15, 0.2) is 42.7 Å². The van der Waals surface area contributed by atoms with Crippen LogP contribution in [-0.2, 0) is 6.42 Å². The number of carbonyl (C=O) groups is 1. The van der Waals surface area contributed by atoms with E-state index in [0.29, 0.717) is 27.7 Å². The van der Waals surface area contributed by atoms with Crippen LogP contribution in [0.2, 0.25) is 5.02 Å². The van der Waals surface area contributed by atoms with Crippen molar-refractivity contribution in [2.45, 2.75) is 65.5 Å². The number of amides is 1. The molecule has 0 atom stereocenters. The molecule has 0 saturated heterocycles. The molecule has 10 heteroatoms. The van der Waals surface area contributed by atoms with Gasteiger partial charge in [-0.05, 0) is 43.5 Å². The predicted octanol–water partition coefficient (Wildman–Crippen LogP) is 4.50. The molecule has 1 aliphatic carbocycles. The van der Waals surface area contributed by atoms with Gasteiger partial charge in [0.2, 0.25) is 0 Å². The maximum Gasteiger partial charge on any atom is 0.253 e. The predicted molar refractivity (Wildman–Crippen MR) is 143 cm³/mol. The number of carbonyl (C=O) groups excluding carboxylic acids is 1. The van der Waals surface area contributed by atoms with E-state index in [-0.39, 0.29) is 35.5 Å². The molecule has 3 aromatic rings. The lowest BCUT2D eigenvalue weighted by Gasteiger charge is -2.63. The summed E-state index contributed by atoms with van der Waals surface area (Å²) in [5.41, 5.74) is 0.992. The SMILES string of the molecule is CC1(C)C(NC(=O)c2ccc(-n3cc(CCCCCO)nn3)nc2)C(C)(C)C1Oc1ccc(C#N)c(Cl)c1. The fourth-order valence-corrected chi connectivity index (χ4v) is 5.80. The molecule has 0 radical (unpaired) electrons. The monoisotopic (exact) mass is 536 g/mol. The Morgan fingerprint density at radius 2 is 1.95 bits per heavy atom. The smallest absolute Gasteiger partial charge is 0.253 e. The number of hydrogen-bond acceptors (Lipinski definition) is 7. The summed E-state index contributed by atoms with van der Waals surface area (Å²) in [5.74, 6) is 0.957. The molecule has 1 aliphatic rings. The van der Waals surface area contributed by atoms with E-state index >= 15 is 0 Å². The number of rotatable bonds is 10. The van der Waals surface area contributed by atoms with Crippen molar-refractivity contribution in [2.75, 3.05) is 6.61 Å². The van der Waals surface area contributed by atoms with Crippen LogP contribution in [0.1, 0.15) is 68.6 Å². The van der Waals surface area contributed by atoms with Gasteiger partial charge >= 0.3 is 0 Å². The van der Waals surface area contributed by atoms with Crippen molar-refractivity contribution < 1.29 is 14.6 Å². The second-order valence-corrected chi connectivity index (χ2v) is 11.3. The number of halogens is 1. The van der Waals surface area contributed by atoms with Crippen LogP contribution in [0, 0.1) is 22.2 Å². The second kappa shape index (κ2) is 11.1. The quantitative estimate of drug-likeness (QED) is 0.365. The van der Waals surface area contributed by atoms with E-state index in [0.717, 1.165) is 31.4 Å². The number of pyridine rings is 1. The van der Waals surface area contributed by atoms with E-state index < -0.39 is 0 Å². The molecule has 1 aromatic carbocycles. The highest BCUT2D eigenvalue weighted by Crippen LogP contribution is 2.55. The fourth-order valence-electron chi connectivity index (χ4n) is 5.59. The minimum absolute atomic E-state index is 0.148. The van der Waals surface area contributed by atoms with Gasteiger partial charge in [0.05, 0.1) is 28.0 Å². The highest BCUT2D eigenvalue weighted by Gasteiger charge is 2.64. The summed E-state index contributed by atoms with van der Waals surface area (Å²) in [6.45, 7) is 8.45. The number of hydrogen-bond donors (Lipinski definition) is 2. The van der Waals surface area contributed by atoms with Crippen LogP contribution in [0.3, 0.4) is 0 Å². The fraction of sp³-hybridized carbons (Fsp3) is 0.464. The Hall–Kier alpha value is -3.48. The van der Waals surface area contributed by atoms with Crippen molar-refractivity contribution in [3.05, 3.63) is 64.6 Å². The molecule has 0 unspecified atom stereocenters. The Bertz CT molecular complexity index is 1310. The van der Waals surface area contributed by atoms with Gasteiger partial charge in [0, 0.05) is 35.7 Å². The van der Waals surface area contributed by atoms with Gasteiger partial charge in [-0.15, -0.1) is 5.10 Å². The van der Waals surface area contributed by atoms with E-state index in [1.54, 1.807) is 41.2 Å². The average molecular weight is 537 g/mol. The van der Waals surface area contributed by atoms with E-state index in [9.17, 15) is 4.79 Å². The van der Waals surface area contributed by atoms with E-state index in [1.807, 2.05) is 6.20 Å². The van der Waals surface area contributed by atoms with Gasteiger partial charge in [-0.3, -0.25) is 4.79 Å². The van der Waals surface area contributed by atoms with Crippen LogP contribution < -0.4 is 10.1 Å². The molecule has 0 bridgehead atoms. The van der Waals surface area contributed by atoms with Crippen LogP contribution in [-0.4, -0.2) is 49.7 Å². The third kappa shape index (κ3) is 5.52. The molecular weight excluding hydrogens is 504 g/mol. The van der Waals surface area contributed by atoms with E-state index in [4.69, 9.17) is 26.7 Å². The van der Waals surface area contributed by atoms with Crippen molar-refractivity contribution in [3.63, 3.8) is 0 Å². The summed E-state index contributed by atoms with van der Waals surface area (Å²) in [6, 6.07) is 10.4. The first-order valence-corrected chi connectivity index (χ1v) is 13.1. The first kappa shape index (κ1) is 27.6. The number of aliphatic hydroxyl groups excluding tert-OH is 1. The second-order valence-electron chi connectivity index (χ2n) is 10.9. The molecule has 0 aliphatic heterocycles. The maximum atomic E-state index is 13.1. The first-order valence-electron chi connectivity index (χ1n) is 12.7. The Balaban J connectivity index is 1.39. The van der Waals surface area contributed by atoms with Crippen molar-refractivity contribution in [3.8, 4) is 17.6 Å². The van der Waals surface area contributed by atoms with Crippen LogP contribution in [0.4, 0.5) is 0 Å². The zero-order valence-corrected chi connectivity index (χ0v) is 22.9. The highest BCUT2D eigenvalue weighted by molar-refractivity contribution is 6.31. The third-order valence-electron chi connectivity index (χ3n) is 7.31. The van der Waals surface area contributed by atoms with Gasteiger partial charge in [-0.1, -0.05) is 50.9 Å². The zero-order chi connectivity index (χ0) is 27.5. The number of unbranched alkanes of at least 4 members (excludes halogenated alkanes) is 2. The maximum absolute atomic E-state index is 13.1. The minimum Gasteiger partial charge on any atom is -0.489 e. The summed E-state index contributed by atoms with van der Waals surface area (Å²) in [4.78, 5) is 17.6. The van der Waals surface area contributed by atoms with Crippen molar-refractivity contribution in [1.29, 1.82) is 5.26 Å². The largest absolute Gasteiger partial charge is 0.489 e. The van der Waals surface area contributed by atoms with Gasteiger partial charge in [-0.2, -0.15) is 5.26 Å².